The van der Waals surface area contributed by atoms with Crippen LogP contribution in [0.25, 0.3) is 0 Å². The van der Waals surface area contributed by atoms with E-state index in [2.05, 4.69) is 27.4 Å². The number of carbonyl (C=O) groups excluding carboxylic acids is 1. The third-order valence-corrected chi connectivity index (χ3v) is 6.65. The van der Waals surface area contributed by atoms with Crippen LogP contribution in [0.2, 0.25) is 0 Å². The zero-order chi connectivity index (χ0) is 15.3. The average Bonchev–Trinajstić information content (AvgIpc) is 2.98. The van der Waals surface area contributed by atoms with Crippen molar-refractivity contribution in [1.82, 2.24) is 9.21 Å². The van der Waals surface area contributed by atoms with E-state index >= 15 is 0 Å². The monoisotopic (exact) mass is 317 g/mol. The molecule has 22 heavy (non-hydrogen) atoms. The first-order valence-electron chi connectivity index (χ1n) is 8.16. The highest BCUT2D eigenvalue weighted by molar-refractivity contribution is 7.97. The summed E-state index contributed by atoms with van der Waals surface area (Å²) in [5, 5.41) is 0. The standard InChI is InChI=1S/C17H23N3OS/c1-12(21)18(2)15-4-3-14-10-20(22-17(14)9-15)16-11-19-7-5-13(16)6-8-19/h3-4,9,13,16H,5-8,10-11H2,1-2H3/t16-/m1/s1. The van der Waals surface area contributed by atoms with E-state index < -0.39 is 0 Å². The lowest BCUT2D eigenvalue weighted by Gasteiger charge is -2.47. The SMILES string of the molecule is CC(=O)N(C)c1ccc2c(c1)SN([C@@H]1CN3CCC1CC3)C2. The molecule has 1 aromatic rings. The summed E-state index contributed by atoms with van der Waals surface area (Å²) < 4.78 is 2.58. The van der Waals surface area contributed by atoms with Gasteiger partial charge in [-0.3, -0.25) is 4.79 Å². The maximum Gasteiger partial charge on any atom is 0.223 e. The number of piperidine rings is 3. The molecule has 0 unspecified atom stereocenters. The second-order valence-electron chi connectivity index (χ2n) is 6.74. The predicted octanol–water partition coefficient (Wildman–Crippen LogP) is 2.59. The maximum atomic E-state index is 11.5. The van der Waals surface area contributed by atoms with Gasteiger partial charge in [0.25, 0.3) is 0 Å². The van der Waals surface area contributed by atoms with Gasteiger partial charge in [0.1, 0.15) is 0 Å². The fraction of sp³-hybridized carbons (Fsp3) is 0.588. The molecule has 4 nitrogen and oxygen atoms in total. The van der Waals surface area contributed by atoms with E-state index in [9.17, 15) is 4.79 Å². The second-order valence-corrected chi connectivity index (χ2v) is 7.83. The van der Waals surface area contributed by atoms with Crippen LogP contribution in [0.3, 0.4) is 0 Å². The van der Waals surface area contributed by atoms with Gasteiger partial charge in [-0.1, -0.05) is 6.07 Å². The summed E-state index contributed by atoms with van der Waals surface area (Å²) >= 11 is 1.89. The Bertz CT molecular complexity index is 598. The molecule has 0 radical (unpaired) electrons. The fourth-order valence-corrected chi connectivity index (χ4v) is 5.17. The summed E-state index contributed by atoms with van der Waals surface area (Å²) in [5.74, 6) is 0.948. The molecular weight excluding hydrogens is 294 g/mol. The minimum absolute atomic E-state index is 0.0807. The predicted molar refractivity (Wildman–Crippen MR) is 89.9 cm³/mol. The Morgan fingerprint density at radius 2 is 2.09 bits per heavy atom. The van der Waals surface area contributed by atoms with Crippen molar-refractivity contribution < 1.29 is 4.79 Å². The van der Waals surface area contributed by atoms with Crippen molar-refractivity contribution in [2.75, 3.05) is 31.6 Å². The lowest BCUT2D eigenvalue weighted by molar-refractivity contribution is -0.116. The number of hydrogen-bond donors (Lipinski definition) is 0. The number of benzene rings is 1. The molecule has 0 saturated carbocycles. The number of nitrogens with zero attached hydrogens (tertiary/aromatic N) is 3. The average molecular weight is 317 g/mol. The topological polar surface area (TPSA) is 26.8 Å². The van der Waals surface area contributed by atoms with Crippen molar-refractivity contribution in [3.63, 3.8) is 0 Å². The largest absolute Gasteiger partial charge is 0.316 e. The van der Waals surface area contributed by atoms with Gasteiger partial charge in [-0.05, 0) is 61.5 Å². The highest BCUT2D eigenvalue weighted by Gasteiger charge is 2.39. The van der Waals surface area contributed by atoms with E-state index in [0.29, 0.717) is 6.04 Å². The second kappa shape index (κ2) is 5.55. The van der Waals surface area contributed by atoms with E-state index in [1.54, 1.807) is 11.8 Å². The van der Waals surface area contributed by atoms with Crippen LogP contribution in [0, 0.1) is 5.92 Å². The van der Waals surface area contributed by atoms with Crippen molar-refractivity contribution in [3.8, 4) is 0 Å². The molecule has 5 rings (SSSR count). The molecule has 0 aliphatic carbocycles. The lowest BCUT2D eigenvalue weighted by atomic mass is 9.84. The first-order valence-corrected chi connectivity index (χ1v) is 8.93. The van der Waals surface area contributed by atoms with Gasteiger partial charge < -0.3 is 9.80 Å². The molecule has 3 saturated heterocycles. The Morgan fingerprint density at radius 3 is 2.73 bits per heavy atom. The van der Waals surface area contributed by atoms with Crippen LogP contribution in [0.4, 0.5) is 5.69 Å². The lowest BCUT2D eigenvalue weighted by Crippen LogP contribution is -2.54. The molecule has 2 bridgehead atoms. The van der Waals surface area contributed by atoms with Gasteiger partial charge in [-0.2, -0.15) is 0 Å². The summed E-state index contributed by atoms with van der Waals surface area (Å²) in [7, 11) is 1.84. The highest BCUT2D eigenvalue weighted by atomic mass is 32.2. The van der Waals surface area contributed by atoms with Crippen LogP contribution in [0.15, 0.2) is 23.1 Å². The van der Waals surface area contributed by atoms with Crippen LogP contribution < -0.4 is 4.90 Å². The van der Waals surface area contributed by atoms with Crippen molar-refractivity contribution in [2.24, 2.45) is 5.92 Å². The number of carbonyl (C=O) groups is 1. The zero-order valence-corrected chi connectivity index (χ0v) is 14.1. The molecule has 4 aliphatic rings. The number of rotatable bonds is 2. The molecule has 1 amide bonds. The Labute approximate surface area is 136 Å². The molecule has 1 aromatic carbocycles. The normalized spacial score (nSPS) is 30.4. The van der Waals surface area contributed by atoms with Crippen molar-refractivity contribution in [1.29, 1.82) is 0 Å². The Balaban J connectivity index is 1.52. The van der Waals surface area contributed by atoms with Gasteiger partial charge in [0.05, 0.1) is 0 Å². The molecule has 3 fully saturated rings. The Kier molecular flexibility index (Phi) is 3.67. The van der Waals surface area contributed by atoms with Crippen LogP contribution in [0.1, 0.15) is 25.3 Å². The van der Waals surface area contributed by atoms with E-state index in [-0.39, 0.29) is 5.91 Å². The minimum Gasteiger partial charge on any atom is -0.316 e. The molecule has 0 spiro atoms. The quantitative estimate of drug-likeness (QED) is 0.784. The van der Waals surface area contributed by atoms with Gasteiger partial charge in [0.15, 0.2) is 0 Å². The van der Waals surface area contributed by atoms with Crippen LogP contribution in [0.5, 0.6) is 0 Å². The highest BCUT2D eigenvalue weighted by Crippen LogP contribution is 2.43. The van der Waals surface area contributed by atoms with Crippen molar-refractivity contribution >= 4 is 23.5 Å². The molecule has 118 valence electrons. The smallest absolute Gasteiger partial charge is 0.223 e. The molecule has 5 heteroatoms. The van der Waals surface area contributed by atoms with E-state index in [1.165, 1.54) is 42.9 Å². The van der Waals surface area contributed by atoms with Gasteiger partial charge in [0.2, 0.25) is 5.91 Å². The van der Waals surface area contributed by atoms with Crippen LogP contribution in [-0.2, 0) is 11.3 Å². The van der Waals surface area contributed by atoms with Crippen molar-refractivity contribution in [2.45, 2.75) is 37.2 Å². The first kappa shape index (κ1) is 14.5. The Hall–Kier alpha value is -1.04. The summed E-state index contributed by atoms with van der Waals surface area (Å²) in [6.45, 7) is 6.46. The number of anilines is 1. The van der Waals surface area contributed by atoms with E-state index in [1.807, 2.05) is 19.0 Å². The summed E-state index contributed by atoms with van der Waals surface area (Å²) in [5.41, 5.74) is 2.40. The minimum atomic E-state index is 0.0807. The fourth-order valence-electron chi connectivity index (χ4n) is 3.92. The molecule has 1 atom stereocenters. The van der Waals surface area contributed by atoms with Gasteiger partial charge in [0, 0.05) is 43.7 Å². The molecule has 4 heterocycles. The first-order chi connectivity index (χ1) is 10.6. The summed E-state index contributed by atoms with van der Waals surface area (Å²) in [4.78, 5) is 17.2. The third kappa shape index (κ3) is 2.45. The molecular formula is C17H23N3OS. The number of amides is 1. The third-order valence-electron chi connectivity index (χ3n) is 5.44. The van der Waals surface area contributed by atoms with E-state index in [4.69, 9.17) is 0 Å². The summed E-state index contributed by atoms with van der Waals surface area (Å²) in [6.07, 6.45) is 2.72. The van der Waals surface area contributed by atoms with Gasteiger partial charge in [-0.15, -0.1) is 0 Å². The number of hydrogen-bond acceptors (Lipinski definition) is 4. The van der Waals surface area contributed by atoms with E-state index in [0.717, 1.165) is 18.2 Å². The van der Waals surface area contributed by atoms with Crippen LogP contribution >= 0.6 is 11.9 Å². The van der Waals surface area contributed by atoms with Crippen molar-refractivity contribution in [3.05, 3.63) is 23.8 Å². The van der Waals surface area contributed by atoms with Gasteiger partial charge in [-0.25, -0.2) is 4.31 Å². The summed E-state index contributed by atoms with van der Waals surface area (Å²) in [6, 6.07) is 7.12. The van der Waals surface area contributed by atoms with Crippen LogP contribution in [-0.4, -0.2) is 47.8 Å². The molecule has 4 aliphatic heterocycles. The Morgan fingerprint density at radius 1 is 1.32 bits per heavy atom. The number of fused-ring (bicyclic) bond motifs is 4. The molecule has 0 N–H and O–H groups in total. The molecule has 0 aromatic heterocycles. The zero-order valence-electron chi connectivity index (χ0n) is 13.3. The van der Waals surface area contributed by atoms with Gasteiger partial charge >= 0.3 is 0 Å². The maximum absolute atomic E-state index is 11.5.